The number of benzene rings is 1. The maximum Gasteiger partial charge on any atom is 0.318 e. The molecule has 1 unspecified atom stereocenters. The summed E-state index contributed by atoms with van der Waals surface area (Å²) in [6.45, 7) is 3.72. The van der Waals surface area contributed by atoms with Gasteiger partial charge in [0.2, 0.25) is 5.91 Å². The molecule has 17 heavy (non-hydrogen) atoms. The van der Waals surface area contributed by atoms with Crippen LogP contribution in [0.15, 0.2) is 24.3 Å². The van der Waals surface area contributed by atoms with Crippen LogP contribution in [0.5, 0.6) is 0 Å². The van der Waals surface area contributed by atoms with Crippen molar-refractivity contribution in [2.24, 2.45) is 5.73 Å². The summed E-state index contributed by atoms with van der Waals surface area (Å²) in [5.74, 6) is -0.445. The molecular formula is C12H17N3O2. The molecule has 0 radical (unpaired) electrons. The second kappa shape index (κ2) is 5.89. The number of urea groups is 1. The fraction of sp³-hybridized carbons (Fsp3) is 0.333. The molecule has 0 aliphatic carbocycles. The van der Waals surface area contributed by atoms with Crippen molar-refractivity contribution in [1.82, 2.24) is 5.32 Å². The van der Waals surface area contributed by atoms with Gasteiger partial charge in [0.25, 0.3) is 0 Å². The quantitative estimate of drug-likeness (QED) is 0.734. The number of hydrogen-bond donors (Lipinski definition) is 3. The van der Waals surface area contributed by atoms with Crippen molar-refractivity contribution in [2.45, 2.75) is 26.3 Å². The molecule has 0 saturated heterocycles. The zero-order valence-corrected chi connectivity index (χ0v) is 9.99. The molecule has 0 aliphatic heterocycles. The van der Waals surface area contributed by atoms with Gasteiger partial charge >= 0.3 is 6.03 Å². The number of anilines is 1. The average molecular weight is 235 g/mol. The minimum absolute atomic E-state index is 0.445. The number of amides is 3. The van der Waals surface area contributed by atoms with Gasteiger partial charge in [-0.25, -0.2) is 4.79 Å². The lowest BCUT2D eigenvalue weighted by atomic mass is 10.1. The largest absolute Gasteiger partial charge is 0.374 e. The smallest absolute Gasteiger partial charge is 0.318 e. The standard InChI is InChI=1S/C12H17N3O2/c1-3-9-5-4-6-10(7-9)14-8(2)11(16)15-12(13)17/h4-8,14H,3H2,1-2H3,(H3,13,15,16,17). The van der Waals surface area contributed by atoms with E-state index in [4.69, 9.17) is 5.73 Å². The maximum atomic E-state index is 11.4. The van der Waals surface area contributed by atoms with Gasteiger partial charge in [0, 0.05) is 5.69 Å². The van der Waals surface area contributed by atoms with Crippen LogP contribution in [0.2, 0.25) is 0 Å². The first kappa shape index (κ1) is 13.0. The van der Waals surface area contributed by atoms with Crippen molar-refractivity contribution in [3.8, 4) is 0 Å². The molecule has 3 amide bonds. The summed E-state index contributed by atoms with van der Waals surface area (Å²) < 4.78 is 0. The summed E-state index contributed by atoms with van der Waals surface area (Å²) in [6, 6.07) is 6.40. The highest BCUT2D eigenvalue weighted by molar-refractivity contribution is 5.97. The summed E-state index contributed by atoms with van der Waals surface area (Å²) in [5.41, 5.74) is 6.89. The molecule has 5 heteroatoms. The lowest BCUT2D eigenvalue weighted by Gasteiger charge is -2.14. The molecule has 0 bridgehead atoms. The third-order valence-electron chi connectivity index (χ3n) is 2.36. The molecular weight excluding hydrogens is 218 g/mol. The SMILES string of the molecule is CCc1cccc(NC(C)C(=O)NC(N)=O)c1. The van der Waals surface area contributed by atoms with E-state index >= 15 is 0 Å². The van der Waals surface area contributed by atoms with Gasteiger partial charge in [-0.1, -0.05) is 19.1 Å². The Hall–Kier alpha value is -2.04. The molecule has 5 nitrogen and oxygen atoms in total. The van der Waals surface area contributed by atoms with Gasteiger partial charge < -0.3 is 11.1 Å². The first-order chi connectivity index (χ1) is 8.02. The van der Waals surface area contributed by atoms with Gasteiger partial charge in [-0.2, -0.15) is 0 Å². The van der Waals surface area contributed by atoms with Crippen LogP contribution >= 0.6 is 0 Å². The summed E-state index contributed by atoms with van der Waals surface area (Å²) in [6.07, 6.45) is 0.928. The van der Waals surface area contributed by atoms with Gasteiger partial charge in [-0.15, -0.1) is 0 Å². The Morgan fingerprint density at radius 1 is 1.41 bits per heavy atom. The van der Waals surface area contributed by atoms with Crippen molar-refractivity contribution >= 4 is 17.6 Å². The fourth-order valence-corrected chi connectivity index (χ4v) is 1.43. The number of carbonyl (C=O) groups excluding carboxylic acids is 2. The highest BCUT2D eigenvalue weighted by atomic mass is 16.2. The normalized spacial score (nSPS) is 11.6. The van der Waals surface area contributed by atoms with Crippen molar-refractivity contribution in [3.05, 3.63) is 29.8 Å². The number of hydrogen-bond acceptors (Lipinski definition) is 3. The monoisotopic (exact) mass is 235 g/mol. The number of carbonyl (C=O) groups is 2. The van der Waals surface area contributed by atoms with E-state index in [1.165, 1.54) is 5.56 Å². The second-order valence-corrected chi connectivity index (χ2v) is 3.77. The molecule has 0 spiro atoms. The fourth-order valence-electron chi connectivity index (χ4n) is 1.43. The van der Waals surface area contributed by atoms with E-state index in [0.29, 0.717) is 0 Å². The van der Waals surface area contributed by atoms with Gasteiger partial charge in [-0.3, -0.25) is 10.1 Å². The van der Waals surface area contributed by atoms with Crippen molar-refractivity contribution < 1.29 is 9.59 Å². The highest BCUT2D eigenvalue weighted by Gasteiger charge is 2.13. The first-order valence-electron chi connectivity index (χ1n) is 5.48. The van der Waals surface area contributed by atoms with E-state index in [-0.39, 0.29) is 0 Å². The van der Waals surface area contributed by atoms with Gasteiger partial charge in [-0.05, 0) is 31.0 Å². The zero-order valence-electron chi connectivity index (χ0n) is 9.99. The minimum atomic E-state index is -0.842. The van der Waals surface area contributed by atoms with Gasteiger partial charge in [0.05, 0.1) is 0 Å². The number of nitrogens with one attached hydrogen (secondary N) is 2. The number of primary amides is 1. The van der Waals surface area contributed by atoms with E-state index in [9.17, 15) is 9.59 Å². The van der Waals surface area contributed by atoms with Crippen molar-refractivity contribution in [2.75, 3.05) is 5.32 Å². The number of aryl methyl sites for hydroxylation is 1. The Morgan fingerprint density at radius 3 is 2.71 bits per heavy atom. The first-order valence-corrected chi connectivity index (χ1v) is 5.48. The third-order valence-corrected chi connectivity index (χ3v) is 2.36. The molecule has 1 atom stereocenters. The summed E-state index contributed by atoms with van der Waals surface area (Å²) in [5, 5.41) is 5.03. The van der Waals surface area contributed by atoms with Gasteiger partial charge in [0.15, 0.2) is 0 Å². The number of nitrogens with two attached hydrogens (primary N) is 1. The van der Waals surface area contributed by atoms with Crippen molar-refractivity contribution in [3.63, 3.8) is 0 Å². The highest BCUT2D eigenvalue weighted by Crippen LogP contribution is 2.12. The van der Waals surface area contributed by atoms with Crippen LogP contribution in [-0.4, -0.2) is 18.0 Å². The van der Waals surface area contributed by atoms with Crippen molar-refractivity contribution in [1.29, 1.82) is 0 Å². The Morgan fingerprint density at radius 2 is 2.12 bits per heavy atom. The Kier molecular flexibility index (Phi) is 4.51. The lowest BCUT2D eigenvalue weighted by Crippen LogP contribution is -2.43. The Balaban J connectivity index is 2.63. The maximum absolute atomic E-state index is 11.4. The predicted molar refractivity (Wildman–Crippen MR) is 66.6 cm³/mol. The molecule has 1 aromatic carbocycles. The van der Waals surface area contributed by atoms with Gasteiger partial charge in [0.1, 0.15) is 6.04 Å². The summed E-state index contributed by atoms with van der Waals surface area (Å²) in [7, 11) is 0. The van der Waals surface area contributed by atoms with Crippen LogP contribution in [0, 0.1) is 0 Å². The predicted octanol–water partition coefficient (Wildman–Crippen LogP) is 1.24. The third kappa shape index (κ3) is 4.14. The van der Waals surface area contributed by atoms with Crippen LogP contribution in [-0.2, 0) is 11.2 Å². The van der Waals surface area contributed by atoms with E-state index in [1.807, 2.05) is 29.6 Å². The zero-order chi connectivity index (χ0) is 12.8. The molecule has 92 valence electrons. The van der Waals surface area contributed by atoms with Crippen LogP contribution in [0.3, 0.4) is 0 Å². The number of imide groups is 1. The molecule has 0 fully saturated rings. The van der Waals surface area contributed by atoms with Crippen LogP contribution in [0.1, 0.15) is 19.4 Å². The Labute approximate surface area is 100 Å². The molecule has 1 aromatic rings. The topological polar surface area (TPSA) is 84.2 Å². The molecule has 0 saturated carbocycles. The lowest BCUT2D eigenvalue weighted by molar-refractivity contribution is -0.120. The van der Waals surface area contributed by atoms with Crippen LogP contribution in [0.25, 0.3) is 0 Å². The molecule has 0 heterocycles. The summed E-state index contributed by atoms with van der Waals surface area (Å²) >= 11 is 0. The Bertz CT molecular complexity index is 418. The number of rotatable bonds is 4. The molecule has 4 N–H and O–H groups in total. The molecule has 0 aromatic heterocycles. The summed E-state index contributed by atoms with van der Waals surface area (Å²) in [4.78, 5) is 22.0. The second-order valence-electron chi connectivity index (χ2n) is 3.77. The minimum Gasteiger partial charge on any atom is -0.374 e. The van der Waals surface area contributed by atoms with E-state index in [1.54, 1.807) is 6.92 Å². The van der Waals surface area contributed by atoms with Crippen LogP contribution < -0.4 is 16.4 Å². The van der Waals surface area contributed by atoms with E-state index in [2.05, 4.69) is 12.2 Å². The van der Waals surface area contributed by atoms with Crippen LogP contribution in [0.4, 0.5) is 10.5 Å². The van der Waals surface area contributed by atoms with E-state index < -0.39 is 18.0 Å². The molecule has 0 aliphatic rings. The van der Waals surface area contributed by atoms with E-state index in [0.717, 1.165) is 12.1 Å². The molecule has 1 rings (SSSR count). The average Bonchev–Trinajstić information content (AvgIpc) is 2.28.